The Balaban J connectivity index is 1.98. The smallest absolute Gasteiger partial charge is 0.353 e. The van der Waals surface area contributed by atoms with Crippen LogP contribution in [0.1, 0.15) is 12.5 Å². The zero-order valence-electron chi connectivity index (χ0n) is 17.9. The van der Waals surface area contributed by atoms with E-state index in [1.54, 1.807) is 25.4 Å². The molecule has 0 spiro atoms. The number of thioether (sulfide) groups is 1. The second kappa shape index (κ2) is 10.9. The summed E-state index contributed by atoms with van der Waals surface area (Å²) in [5.74, 6) is -0.0675. The van der Waals surface area contributed by atoms with E-state index in [1.807, 2.05) is 6.07 Å². The molecule has 12 nitrogen and oxygen atoms in total. The van der Waals surface area contributed by atoms with Gasteiger partial charge in [0.2, 0.25) is 11.6 Å². The van der Waals surface area contributed by atoms with Gasteiger partial charge in [0.15, 0.2) is 5.16 Å². The molecule has 3 rings (SSSR count). The number of hydrogen-bond donors (Lipinski definition) is 1. The van der Waals surface area contributed by atoms with Crippen LogP contribution in [-0.2, 0) is 20.8 Å². The van der Waals surface area contributed by atoms with Crippen LogP contribution in [0.25, 0.3) is 0 Å². The maximum Gasteiger partial charge on any atom is 0.353 e. The molecule has 1 aliphatic heterocycles. The molecule has 3 heterocycles. The normalized spacial score (nSPS) is 13.6. The van der Waals surface area contributed by atoms with Gasteiger partial charge in [0.25, 0.3) is 0 Å². The molecule has 0 aromatic carbocycles. The van der Waals surface area contributed by atoms with Crippen LogP contribution in [-0.4, -0.2) is 71.6 Å². The average molecular weight is 464 g/mol. The lowest BCUT2D eigenvalue weighted by Gasteiger charge is -2.28. The molecule has 0 radical (unpaired) electrons. The Bertz CT molecular complexity index is 971. The number of nitrogen functional groups attached to an aromatic ring is 1. The maximum atomic E-state index is 12.3. The minimum absolute atomic E-state index is 0.0374. The number of morpholine rings is 1. The molecule has 0 saturated carbocycles. The van der Waals surface area contributed by atoms with Gasteiger partial charge in [-0.15, -0.1) is 0 Å². The summed E-state index contributed by atoms with van der Waals surface area (Å²) in [5, 5.41) is 12.0. The molecule has 1 aliphatic rings. The molecule has 1 fully saturated rings. The summed E-state index contributed by atoms with van der Waals surface area (Å²) < 4.78 is 10.5. The van der Waals surface area contributed by atoms with E-state index in [-0.39, 0.29) is 36.5 Å². The van der Waals surface area contributed by atoms with Gasteiger partial charge in [-0.2, -0.15) is 9.97 Å². The Morgan fingerprint density at radius 3 is 2.81 bits per heavy atom. The fourth-order valence-corrected chi connectivity index (χ4v) is 3.61. The number of nitrogens with zero attached hydrogens (tertiary/aromatic N) is 6. The molecule has 0 amide bonds. The number of rotatable bonds is 9. The molecule has 0 aliphatic carbocycles. The third kappa shape index (κ3) is 5.73. The van der Waals surface area contributed by atoms with E-state index in [2.05, 4.69) is 19.9 Å². The van der Waals surface area contributed by atoms with Gasteiger partial charge in [-0.3, -0.25) is 14.9 Å². The average Bonchev–Trinajstić information content (AvgIpc) is 2.78. The highest BCUT2D eigenvalue weighted by molar-refractivity contribution is 7.98. The first kappa shape index (κ1) is 23.5. The van der Waals surface area contributed by atoms with Gasteiger partial charge in [-0.05, 0) is 30.9 Å². The predicted molar refractivity (Wildman–Crippen MR) is 120 cm³/mol. The lowest BCUT2D eigenvalue weighted by Crippen LogP contribution is -2.37. The van der Waals surface area contributed by atoms with Crippen LogP contribution in [0.2, 0.25) is 0 Å². The van der Waals surface area contributed by atoms with Crippen LogP contribution >= 0.6 is 11.8 Å². The van der Waals surface area contributed by atoms with Gasteiger partial charge in [0, 0.05) is 25.8 Å². The number of nitrogens with two attached hydrogens (primary N) is 1. The van der Waals surface area contributed by atoms with Crippen molar-refractivity contribution in [2.24, 2.45) is 0 Å². The summed E-state index contributed by atoms with van der Waals surface area (Å²) in [4.78, 5) is 39.7. The quantitative estimate of drug-likeness (QED) is 0.189. The molecular weight excluding hydrogens is 438 g/mol. The fourth-order valence-electron chi connectivity index (χ4n) is 3.24. The van der Waals surface area contributed by atoms with E-state index in [4.69, 9.17) is 15.2 Å². The molecule has 172 valence electrons. The van der Waals surface area contributed by atoms with E-state index in [0.717, 1.165) is 11.4 Å². The van der Waals surface area contributed by atoms with Crippen LogP contribution in [0.4, 0.5) is 23.1 Å². The van der Waals surface area contributed by atoms with Crippen LogP contribution in [0.5, 0.6) is 0 Å². The Morgan fingerprint density at radius 1 is 1.41 bits per heavy atom. The molecule has 13 heteroatoms. The summed E-state index contributed by atoms with van der Waals surface area (Å²) in [5.41, 5.74) is 6.21. The Labute approximate surface area is 189 Å². The third-order valence-corrected chi connectivity index (χ3v) is 5.23. The second-order valence-electron chi connectivity index (χ2n) is 6.81. The summed E-state index contributed by atoms with van der Waals surface area (Å²) in [7, 11) is 0. The van der Waals surface area contributed by atoms with Gasteiger partial charge >= 0.3 is 11.7 Å². The summed E-state index contributed by atoms with van der Waals surface area (Å²) in [6, 6.07) is 3.67. The van der Waals surface area contributed by atoms with Crippen LogP contribution in [0, 0.1) is 10.1 Å². The lowest BCUT2D eigenvalue weighted by molar-refractivity contribution is -0.383. The Kier molecular flexibility index (Phi) is 8.00. The molecule has 2 aromatic heterocycles. The number of pyridine rings is 1. The monoisotopic (exact) mass is 463 g/mol. The minimum atomic E-state index is -0.640. The maximum absolute atomic E-state index is 12.3. The zero-order chi connectivity index (χ0) is 23.1. The van der Waals surface area contributed by atoms with E-state index >= 15 is 0 Å². The van der Waals surface area contributed by atoms with E-state index in [0.29, 0.717) is 26.3 Å². The zero-order valence-corrected chi connectivity index (χ0v) is 18.7. The van der Waals surface area contributed by atoms with Crippen LogP contribution in [0.15, 0.2) is 23.5 Å². The fraction of sp³-hybridized carbons (Fsp3) is 0.474. The summed E-state index contributed by atoms with van der Waals surface area (Å²) in [6.45, 7) is 4.46. The Morgan fingerprint density at radius 2 is 2.16 bits per heavy atom. The molecule has 0 unspecified atom stereocenters. The minimum Gasteiger partial charge on any atom is -0.465 e. The SMILES string of the molecule is CCOC(=O)CN(Cc1ccnc(N2CCOCC2)c1)c1nc(SC)nc(N)c1[N+](=O)[O-]. The largest absolute Gasteiger partial charge is 0.465 e. The molecule has 0 bridgehead atoms. The van der Waals surface area contributed by atoms with Gasteiger partial charge in [0.1, 0.15) is 12.4 Å². The molecular formula is C19H25N7O5S. The molecule has 2 N–H and O–H groups in total. The van der Waals surface area contributed by atoms with Crippen molar-refractivity contribution in [3.05, 3.63) is 34.0 Å². The highest BCUT2D eigenvalue weighted by atomic mass is 32.2. The van der Waals surface area contributed by atoms with Gasteiger partial charge < -0.3 is 25.0 Å². The number of aromatic nitrogens is 3. The number of anilines is 3. The number of carbonyl (C=O) groups is 1. The standard InChI is InChI=1S/C19H25N7O5S/c1-3-31-15(27)12-25(18-16(26(28)29)17(20)22-19(23-18)32-2)11-13-4-5-21-14(10-13)24-6-8-30-9-7-24/h4-5,10H,3,6-9,11-12H2,1-2H3,(H2,20,22,23). The molecule has 32 heavy (non-hydrogen) atoms. The van der Waals surface area contributed by atoms with Crippen molar-refractivity contribution in [1.29, 1.82) is 0 Å². The van der Waals surface area contributed by atoms with Crippen molar-refractivity contribution in [2.45, 2.75) is 18.6 Å². The van der Waals surface area contributed by atoms with E-state index < -0.39 is 16.6 Å². The van der Waals surface area contributed by atoms with Crippen molar-refractivity contribution < 1.29 is 19.2 Å². The summed E-state index contributed by atoms with van der Waals surface area (Å²) in [6.07, 6.45) is 3.40. The van der Waals surface area contributed by atoms with Crippen LogP contribution in [0.3, 0.4) is 0 Å². The van der Waals surface area contributed by atoms with Crippen molar-refractivity contribution in [3.8, 4) is 0 Å². The number of ether oxygens (including phenoxy) is 2. The first-order chi connectivity index (χ1) is 15.4. The number of esters is 1. The first-order valence-electron chi connectivity index (χ1n) is 9.97. The first-order valence-corrected chi connectivity index (χ1v) is 11.2. The van der Waals surface area contributed by atoms with Crippen molar-refractivity contribution in [2.75, 3.05) is 61.2 Å². The predicted octanol–water partition coefficient (Wildman–Crippen LogP) is 1.49. The van der Waals surface area contributed by atoms with Gasteiger partial charge in [0.05, 0.1) is 24.7 Å². The number of nitro groups is 1. The number of hydrogen-bond acceptors (Lipinski definition) is 12. The number of carbonyl (C=O) groups excluding carboxylic acids is 1. The Hall–Kier alpha value is -3.19. The highest BCUT2D eigenvalue weighted by Gasteiger charge is 2.29. The molecule has 2 aromatic rings. The van der Waals surface area contributed by atoms with Gasteiger partial charge in [-0.25, -0.2) is 4.98 Å². The van der Waals surface area contributed by atoms with Crippen molar-refractivity contribution in [3.63, 3.8) is 0 Å². The van der Waals surface area contributed by atoms with Crippen LogP contribution < -0.4 is 15.5 Å². The van der Waals surface area contributed by atoms with Crippen molar-refractivity contribution >= 4 is 40.9 Å². The van der Waals surface area contributed by atoms with E-state index in [1.165, 1.54) is 16.7 Å². The van der Waals surface area contributed by atoms with E-state index in [9.17, 15) is 14.9 Å². The molecule has 0 atom stereocenters. The summed E-state index contributed by atoms with van der Waals surface area (Å²) >= 11 is 1.20. The topological polar surface area (TPSA) is 150 Å². The second-order valence-corrected chi connectivity index (χ2v) is 7.58. The highest BCUT2D eigenvalue weighted by Crippen LogP contribution is 2.33. The lowest BCUT2D eigenvalue weighted by atomic mass is 10.2. The third-order valence-electron chi connectivity index (χ3n) is 4.68. The molecule has 1 saturated heterocycles. The van der Waals surface area contributed by atoms with Crippen molar-refractivity contribution in [1.82, 2.24) is 15.0 Å². The van der Waals surface area contributed by atoms with Gasteiger partial charge in [-0.1, -0.05) is 11.8 Å².